The fourth-order valence-electron chi connectivity index (χ4n) is 3.82. The molecule has 0 aromatic carbocycles. The van der Waals surface area contributed by atoms with E-state index in [0.29, 0.717) is 34.9 Å². The second-order valence-corrected chi connectivity index (χ2v) is 7.87. The zero-order valence-electron chi connectivity index (χ0n) is 17.9. The van der Waals surface area contributed by atoms with E-state index in [1.165, 1.54) is 6.33 Å². The minimum Gasteiger partial charge on any atom is -0.457 e. The first-order valence-electron chi connectivity index (χ1n) is 10.5. The van der Waals surface area contributed by atoms with Crippen LogP contribution >= 0.6 is 11.6 Å². The summed E-state index contributed by atoms with van der Waals surface area (Å²) in [5, 5.41) is 18.2. The Kier molecular flexibility index (Phi) is 6.58. The molecular formula is C20H25ClN6O5. The minimum atomic E-state index is -1.18. The maximum Gasteiger partial charge on any atom is 0.293 e. The molecule has 0 spiro atoms. The Balaban J connectivity index is 1.73. The molecule has 1 aliphatic heterocycles. The first kappa shape index (κ1) is 22.4. The molecular weight excluding hydrogens is 440 g/mol. The maximum atomic E-state index is 11.2. The molecule has 0 unspecified atom stereocenters. The lowest BCUT2D eigenvalue weighted by molar-refractivity contribution is -0.142. The van der Waals surface area contributed by atoms with Crippen molar-refractivity contribution in [3.05, 3.63) is 29.1 Å². The van der Waals surface area contributed by atoms with E-state index in [1.54, 1.807) is 10.6 Å². The van der Waals surface area contributed by atoms with Gasteiger partial charge in [-0.05, 0) is 24.4 Å². The molecule has 1 aliphatic rings. The smallest absolute Gasteiger partial charge is 0.293 e. The van der Waals surface area contributed by atoms with Crippen molar-refractivity contribution in [3.8, 4) is 0 Å². The second-order valence-electron chi connectivity index (χ2n) is 7.53. The average Bonchev–Trinajstić information content (AvgIpc) is 3.50. The van der Waals surface area contributed by atoms with Gasteiger partial charge >= 0.3 is 0 Å². The summed E-state index contributed by atoms with van der Waals surface area (Å²) in [7, 11) is 0. The van der Waals surface area contributed by atoms with Crippen LogP contribution in [0.4, 0.5) is 5.82 Å². The minimum absolute atomic E-state index is 0.0275. The lowest BCUT2D eigenvalue weighted by atomic mass is 10.1. The number of carbonyl (C=O) groups is 1. The number of anilines is 1. The van der Waals surface area contributed by atoms with Crippen LogP contribution in [0, 0.1) is 0 Å². The van der Waals surface area contributed by atoms with Gasteiger partial charge in [0, 0.05) is 18.5 Å². The van der Waals surface area contributed by atoms with Gasteiger partial charge in [-0.1, -0.05) is 25.9 Å². The van der Waals surface area contributed by atoms with Crippen LogP contribution in [-0.2, 0) is 20.7 Å². The molecule has 1 fully saturated rings. The van der Waals surface area contributed by atoms with Crippen LogP contribution in [0.1, 0.15) is 57.4 Å². The number of imidazole rings is 1. The number of nitrogens with one attached hydrogen (secondary N) is 1. The molecule has 4 rings (SSSR count). The number of nitrogens with zero attached hydrogens (tertiary/aromatic N) is 5. The van der Waals surface area contributed by atoms with Crippen LogP contribution in [0.15, 0.2) is 16.9 Å². The highest BCUT2D eigenvalue weighted by Gasteiger charge is 2.49. The first-order valence-corrected chi connectivity index (χ1v) is 10.9. The summed E-state index contributed by atoms with van der Waals surface area (Å²) in [6.45, 7) is 6.34. The molecule has 0 radical (unpaired) electrons. The summed E-state index contributed by atoms with van der Waals surface area (Å²) in [5.41, 5.74) is 1.28. The number of aromatic nitrogens is 5. The number of fused-ring (bicyclic) bond motifs is 1. The third kappa shape index (κ3) is 4.03. The van der Waals surface area contributed by atoms with Crippen LogP contribution in [0.2, 0.25) is 5.28 Å². The molecule has 172 valence electrons. The Morgan fingerprint density at radius 1 is 1.34 bits per heavy atom. The fraction of sp³-hybridized carbons (Fsp3) is 0.550. The Labute approximate surface area is 189 Å². The Morgan fingerprint density at radius 2 is 2.12 bits per heavy atom. The fourth-order valence-corrected chi connectivity index (χ4v) is 3.99. The number of aliphatic hydroxyl groups excluding tert-OH is 1. The van der Waals surface area contributed by atoms with Crippen molar-refractivity contribution in [2.45, 2.75) is 70.6 Å². The summed E-state index contributed by atoms with van der Waals surface area (Å²) in [4.78, 5) is 24.2. The zero-order chi connectivity index (χ0) is 22.8. The van der Waals surface area contributed by atoms with Crippen molar-refractivity contribution in [3.63, 3.8) is 0 Å². The van der Waals surface area contributed by atoms with Crippen molar-refractivity contribution in [1.29, 1.82) is 0 Å². The van der Waals surface area contributed by atoms with E-state index in [9.17, 15) is 9.90 Å². The normalized spacial score (nSPS) is 23.2. The van der Waals surface area contributed by atoms with Crippen molar-refractivity contribution >= 4 is 35.1 Å². The van der Waals surface area contributed by atoms with Crippen LogP contribution in [0.5, 0.6) is 0 Å². The number of hydrogen-bond acceptors (Lipinski definition) is 10. The number of aliphatic hydroxyl groups is 1. The monoisotopic (exact) mass is 464 g/mol. The molecule has 0 saturated carbocycles. The van der Waals surface area contributed by atoms with E-state index < -0.39 is 24.5 Å². The second kappa shape index (κ2) is 9.39. The topological polar surface area (TPSA) is 137 Å². The third-order valence-electron chi connectivity index (χ3n) is 5.64. The predicted molar refractivity (Wildman–Crippen MR) is 114 cm³/mol. The van der Waals surface area contributed by atoms with E-state index in [2.05, 4.69) is 39.3 Å². The SMILES string of the molecule is CCc1cc([C@H]2O[C@@H](n3cnc4c(NC(CC)CC)nc(Cl)nc43)[C@H](OC=O)[C@@H]2O)no1. The van der Waals surface area contributed by atoms with Gasteiger partial charge in [0.2, 0.25) is 5.28 Å². The van der Waals surface area contributed by atoms with Crippen LogP contribution in [-0.4, -0.2) is 54.5 Å². The van der Waals surface area contributed by atoms with Gasteiger partial charge in [-0.25, -0.2) is 4.98 Å². The summed E-state index contributed by atoms with van der Waals surface area (Å²) in [5.74, 6) is 1.15. The summed E-state index contributed by atoms with van der Waals surface area (Å²) >= 11 is 6.20. The Bertz CT molecular complexity index is 1080. The third-order valence-corrected chi connectivity index (χ3v) is 5.81. The van der Waals surface area contributed by atoms with Gasteiger partial charge in [-0.2, -0.15) is 9.97 Å². The van der Waals surface area contributed by atoms with Gasteiger partial charge in [0.05, 0.1) is 6.33 Å². The highest BCUT2D eigenvalue weighted by atomic mass is 35.5. The number of rotatable bonds is 9. The molecule has 0 amide bonds. The molecule has 3 aromatic heterocycles. The summed E-state index contributed by atoms with van der Waals surface area (Å²) < 4.78 is 18.1. The molecule has 3 aromatic rings. The van der Waals surface area contributed by atoms with Gasteiger partial charge in [0.1, 0.15) is 23.7 Å². The highest BCUT2D eigenvalue weighted by Crippen LogP contribution is 2.41. The standard InChI is InChI=1S/C20H25ClN6O5/c1-4-10(5-2)23-17-13-18(25-20(21)24-17)27(8-22-13)19-16(30-9-28)14(29)15(31-19)12-7-11(6-3)32-26-12/h7-10,14-16,19,29H,4-6H2,1-3H3,(H,23,24,25)/t14-,15-,16-,19-/m1/s1. The molecule has 12 heteroatoms. The van der Waals surface area contributed by atoms with Crippen molar-refractivity contribution in [2.75, 3.05) is 5.32 Å². The summed E-state index contributed by atoms with van der Waals surface area (Å²) in [6, 6.07) is 1.89. The predicted octanol–water partition coefficient (Wildman–Crippen LogP) is 2.80. The summed E-state index contributed by atoms with van der Waals surface area (Å²) in [6.07, 6.45) is -0.0714. The number of aryl methyl sites for hydroxylation is 1. The lowest BCUT2D eigenvalue weighted by Gasteiger charge is -2.20. The number of carbonyl (C=O) groups excluding carboxylic acids is 1. The molecule has 2 N–H and O–H groups in total. The molecule has 1 saturated heterocycles. The molecule has 0 aliphatic carbocycles. The van der Waals surface area contributed by atoms with Crippen LogP contribution < -0.4 is 5.32 Å². The Morgan fingerprint density at radius 3 is 2.78 bits per heavy atom. The largest absolute Gasteiger partial charge is 0.457 e. The highest BCUT2D eigenvalue weighted by molar-refractivity contribution is 6.28. The molecule has 11 nitrogen and oxygen atoms in total. The van der Waals surface area contributed by atoms with Gasteiger partial charge < -0.3 is 24.4 Å². The van der Waals surface area contributed by atoms with E-state index >= 15 is 0 Å². The number of hydrogen-bond donors (Lipinski definition) is 2. The molecule has 0 bridgehead atoms. The maximum absolute atomic E-state index is 11.2. The van der Waals surface area contributed by atoms with Crippen molar-refractivity contribution < 1.29 is 23.9 Å². The Hall–Kier alpha value is -2.76. The van der Waals surface area contributed by atoms with Crippen LogP contribution in [0.25, 0.3) is 11.2 Å². The first-order chi connectivity index (χ1) is 15.5. The van der Waals surface area contributed by atoms with Crippen molar-refractivity contribution in [2.24, 2.45) is 0 Å². The molecule has 4 atom stereocenters. The zero-order valence-corrected chi connectivity index (χ0v) is 18.7. The van der Waals surface area contributed by atoms with Gasteiger partial charge in [0.15, 0.2) is 29.3 Å². The van der Waals surface area contributed by atoms with E-state index in [0.717, 1.165) is 12.8 Å². The lowest BCUT2D eigenvalue weighted by Crippen LogP contribution is -2.32. The number of ether oxygens (including phenoxy) is 2. The number of halogens is 1. The van der Waals surface area contributed by atoms with Gasteiger partial charge in [0.25, 0.3) is 6.47 Å². The van der Waals surface area contributed by atoms with Gasteiger partial charge in [-0.3, -0.25) is 9.36 Å². The molecule has 4 heterocycles. The van der Waals surface area contributed by atoms with E-state index in [4.69, 9.17) is 25.6 Å². The quantitative estimate of drug-likeness (QED) is 0.359. The average molecular weight is 465 g/mol. The van der Waals surface area contributed by atoms with Gasteiger partial charge in [-0.15, -0.1) is 0 Å². The van der Waals surface area contributed by atoms with E-state index in [-0.39, 0.29) is 17.8 Å². The molecule has 32 heavy (non-hydrogen) atoms. The van der Waals surface area contributed by atoms with Crippen molar-refractivity contribution in [1.82, 2.24) is 24.7 Å². The van der Waals surface area contributed by atoms with Crippen LogP contribution in [0.3, 0.4) is 0 Å². The van der Waals surface area contributed by atoms with E-state index in [1.807, 2.05) is 6.92 Å².